The quantitative estimate of drug-likeness (QED) is 0.735. The van der Waals surface area contributed by atoms with Crippen molar-refractivity contribution in [3.8, 4) is 0 Å². The third-order valence-corrected chi connectivity index (χ3v) is 4.87. The summed E-state index contributed by atoms with van der Waals surface area (Å²) in [6.07, 6.45) is 4.88. The van der Waals surface area contributed by atoms with Gasteiger partial charge in [0.1, 0.15) is 0 Å². The highest BCUT2D eigenvalue weighted by atomic mass is 16.4. The van der Waals surface area contributed by atoms with Gasteiger partial charge in [0.15, 0.2) is 0 Å². The first kappa shape index (κ1) is 16.1. The summed E-state index contributed by atoms with van der Waals surface area (Å²) in [5, 5.41) is 21.7. The number of carbonyl (C=O) groups is 2. The molecule has 2 fully saturated rings. The van der Waals surface area contributed by atoms with Crippen LogP contribution in [0.2, 0.25) is 0 Å². The second kappa shape index (κ2) is 6.64. The molecule has 6 nitrogen and oxygen atoms in total. The monoisotopic (exact) mass is 298 g/mol. The Bertz CT molecular complexity index is 391. The van der Waals surface area contributed by atoms with E-state index in [-0.39, 0.29) is 18.4 Å². The van der Waals surface area contributed by atoms with Crippen LogP contribution < -0.4 is 5.32 Å². The van der Waals surface area contributed by atoms with Gasteiger partial charge in [0.25, 0.3) is 0 Å². The lowest BCUT2D eigenvalue weighted by Crippen LogP contribution is -2.54. The number of aliphatic carboxylic acids is 1. The van der Waals surface area contributed by atoms with Crippen LogP contribution in [0.25, 0.3) is 0 Å². The molecule has 2 aliphatic rings. The van der Waals surface area contributed by atoms with E-state index in [9.17, 15) is 14.7 Å². The Balaban J connectivity index is 1.97. The molecule has 1 heterocycles. The van der Waals surface area contributed by atoms with Crippen LogP contribution in [0.4, 0.5) is 4.79 Å². The summed E-state index contributed by atoms with van der Waals surface area (Å²) in [6, 6.07) is -0.179. The van der Waals surface area contributed by atoms with Crippen molar-refractivity contribution in [3.05, 3.63) is 0 Å². The van der Waals surface area contributed by atoms with Gasteiger partial charge in [-0.05, 0) is 26.2 Å². The highest BCUT2D eigenvalue weighted by molar-refractivity contribution is 5.77. The third-order valence-electron chi connectivity index (χ3n) is 4.87. The average molecular weight is 298 g/mol. The molecule has 21 heavy (non-hydrogen) atoms. The zero-order chi connectivity index (χ0) is 15.5. The fraction of sp³-hybridized carbons (Fsp3) is 0.867. The summed E-state index contributed by atoms with van der Waals surface area (Å²) < 4.78 is 0. The molecule has 0 aromatic rings. The molecule has 2 unspecified atom stereocenters. The number of nitrogens with one attached hydrogen (secondary N) is 1. The fourth-order valence-electron chi connectivity index (χ4n) is 3.54. The van der Waals surface area contributed by atoms with Crippen LogP contribution in [0.1, 0.15) is 51.9 Å². The summed E-state index contributed by atoms with van der Waals surface area (Å²) >= 11 is 0. The topological polar surface area (TPSA) is 89.9 Å². The summed E-state index contributed by atoms with van der Waals surface area (Å²) in [4.78, 5) is 25.2. The van der Waals surface area contributed by atoms with Gasteiger partial charge in [0.05, 0.1) is 18.1 Å². The number of hydrogen-bond donors (Lipinski definition) is 3. The van der Waals surface area contributed by atoms with Crippen molar-refractivity contribution >= 4 is 12.0 Å². The number of rotatable bonds is 4. The second-order valence-electron chi connectivity index (χ2n) is 6.58. The number of likely N-dealkylation sites (tertiary alicyclic amines) is 1. The molecule has 3 N–H and O–H groups in total. The first-order valence-electron chi connectivity index (χ1n) is 7.89. The minimum atomic E-state index is -0.861. The van der Waals surface area contributed by atoms with E-state index in [1.54, 1.807) is 11.8 Å². The van der Waals surface area contributed by atoms with E-state index in [0.717, 1.165) is 38.5 Å². The van der Waals surface area contributed by atoms with E-state index in [2.05, 4.69) is 5.32 Å². The van der Waals surface area contributed by atoms with E-state index in [1.807, 2.05) is 0 Å². The summed E-state index contributed by atoms with van der Waals surface area (Å²) in [5.41, 5.74) is -0.593. The van der Waals surface area contributed by atoms with Gasteiger partial charge in [-0.2, -0.15) is 0 Å². The molecule has 1 saturated carbocycles. The first-order valence-corrected chi connectivity index (χ1v) is 7.89. The Kier molecular flexibility index (Phi) is 5.08. The third kappa shape index (κ3) is 4.09. The standard InChI is InChI=1S/C15H26N2O4/c1-11(18)12-5-8-17(10-12)14(21)16-15(9-13(19)20)6-3-2-4-7-15/h11-12,18H,2-10H2,1H3,(H,16,21)(H,19,20). The smallest absolute Gasteiger partial charge is 0.317 e. The van der Waals surface area contributed by atoms with Gasteiger partial charge in [-0.1, -0.05) is 19.3 Å². The number of nitrogens with zero attached hydrogens (tertiary/aromatic N) is 1. The Hall–Kier alpha value is -1.30. The summed E-state index contributed by atoms with van der Waals surface area (Å²) in [6.45, 7) is 2.93. The summed E-state index contributed by atoms with van der Waals surface area (Å²) in [5.74, 6) is -0.738. The number of urea groups is 1. The SMILES string of the molecule is CC(O)C1CCN(C(=O)NC2(CC(=O)O)CCCCC2)C1. The maximum atomic E-state index is 12.4. The van der Waals surface area contributed by atoms with E-state index in [1.165, 1.54) is 0 Å². The lowest BCUT2D eigenvalue weighted by Gasteiger charge is -2.38. The highest BCUT2D eigenvalue weighted by Crippen LogP contribution is 2.32. The number of carboxylic acids is 1. The van der Waals surface area contributed by atoms with E-state index in [0.29, 0.717) is 13.1 Å². The Morgan fingerprint density at radius 3 is 2.52 bits per heavy atom. The molecule has 2 atom stereocenters. The van der Waals surface area contributed by atoms with Crippen molar-refractivity contribution in [2.45, 2.75) is 63.5 Å². The van der Waals surface area contributed by atoms with E-state index >= 15 is 0 Å². The van der Waals surface area contributed by atoms with Gasteiger partial charge in [-0.25, -0.2) is 4.79 Å². The number of aliphatic hydroxyl groups is 1. The molecule has 0 bridgehead atoms. The molecule has 0 radical (unpaired) electrons. The van der Waals surface area contributed by atoms with Crippen LogP contribution in [0.15, 0.2) is 0 Å². The van der Waals surface area contributed by atoms with Crippen molar-refractivity contribution in [3.63, 3.8) is 0 Å². The molecule has 0 spiro atoms. The number of carbonyl (C=O) groups excluding carboxylic acids is 1. The minimum absolute atomic E-state index is 0.00753. The molecule has 0 aromatic carbocycles. The van der Waals surface area contributed by atoms with Crippen LogP contribution in [-0.2, 0) is 4.79 Å². The van der Waals surface area contributed by atoms with Gasteiger partial charge in [0, 0.05) is 19.0 Å². The van der Waals surface area contributed by atoms with Gasteiger partial charge in [0.2, 0.25) is 0 Å². The zero-order valence-electron chi connectivity index (χ0n) is 12.7. The van der Waals surface area contributed by atoms with Crippen molar-refractivity contribution in [2.24, 2.45) is 5.92 Å². The van der Waals surface area contributed by atoms with E-state index in [4.69, 9.17) is 5.11 Å². The lowest BCUT2D eigenvalue weighted by atomic mass is 9.79. The van der Waals surface area contributed by atoms with Crippen molar-refractivity contribution in [1.29, 1.82) is 0 Å². The maximum Gasteiger partial charge on any atom is 0.317 e. The molecule has 2 rings (SSSR count). The molecular weight excluding hydrogens is 272 g/mol. The maximum absolute atomic E-state index is 12.4. The molecule has 1 aliphatic heterocycles. The van der Waals surface area contributed by atoms with Gasteiger partial charge in [-0.3, -0.25) is 4.79 Å². The number of carboxylic acid groups (broad SMARTS) is 1. The zero-order valence-corrected chi connectivity index (χ0v) is 12.7. The van der Waals surface area contributed by atoms with Crippen molar-refractivity contribution in [2.75, 3.05) is 13.1 Å². The van der Waals surface area contributed by atoms with Crippen molar-refractivity contribution < 1.29 is 19.8 Å². The molecule has 1 saturated heterocycles. The predicted molar refractivity (Wildman–Crippen MR) is 78.0 cm³/mol. The second-order valence-corrected chi connectivity index (χ2v) is 6.58. The van der Waals surface area contributed by atoms with Crippen LogP contribution >= 0.6 is 0 Å². The molecular formula is C15H26N2O4. The van der Waals surface area contributed by atoms with Crippen LogP contribution in [-0.4, -0.2) is 51.8 Å². The number of aliphatic hydroxyl groups excluding tert-OH is 1. The predicted octanol–water partition coefficient (Wildman–Crippen LogP) is 1.58. The number of amides is 2. The normalized spacial score (nSPS) is 26.4. The fourth-order valence-corrected chi connectivity index (χ4v) is 3.54. The molecule has 2 amide bonds. The summed E-state index contributed by atoms with van der Waals surface area (Å²) in [7, 11) is 0. The van der Waals surface area contributed by atoms with Crippen LogP contribution in [0.3, 0.4) is 0 Å². The first-order chi connectivity index (χ1) is 9.92. The average Bonchev–Trinajstić information content (AvgIpc) is 2.88. The molecule has 1 aliphatic carbocycles. The Morgan fingerprint density at radius 1 is 1.33 bits per heavy atom. The Labute approximate surface area is 125 Å². The number of hydrogen-bond acceptors (Lipinski definition) is 3. The Morgan fingerprint density at radius 2 is 2.00 bits per heavy atom. The van der Waals surface area contributed by atoms with Crippen LogP contribution in [0.5, 0.6) is 0 Å². The highest BCUT2D eigenvalue weighted by Gasteiger charge is 2.38. The molecule has 120 valence electrons. The molecule has 0 aromatic heterocycles. The van der Waals surface area contributed by atoms with Crippen molar-refractivity contribution in [1.82, 2.24) is 10.2 Å². The minimum Gasteiger partial charge on any atom is -0.481 e. The van der Waals surface area contributed by atoms with Gasteiger partial charge < -0.3 is 20.4 Å². The van der Waals surface area contributed by atoms with E-state index < -0.39 is 17.6 Å². The van der Waals surface area contributed by atoms with Gasteiger partial charge >= 0.3 is 12.0 Å². The molecule has 6 heteroatoms. The van der Waals surface area contributed by atoms with Gasteiger partial charge in [-0.15, -0.1) is 0 Å². The largest absolute Gasteiger partial charge is 0.481 e. The lowest BCUT2D eigenvalue weighted by molar-refractivity contribution is -0.139. The van der Waals surface area contributed by atoms with Crippen LogP contribution in [0, 0.1) is 5.92 Å².